The van der Waals surface area contributed by atoms with E-state index in [1.165, 1.54) is 11.8 Å². The molecule has 0 radical (unpaired) electrons. The van der Waals surface area contributed by atoms with Gasteiger partial charge in [0, 0.05) is 34.2 Å². The van der Waals surface area contributed by atoms with Gasteiger partial charge in [0.05, 0.1) is 24.4 Å². The third kappa shape index (κ3) is 7.86. The van der Waals surface area contributed by atoms with Crippen molar-refractivity contribution in [2.45, 2.75) is 43.5 Å². The van der Waals surface area contributed by atoms with Gasteiger partial charge in [-0.05, 0) is 58.1 Å². The lowest BCUT2D eigenvalue weighted by Crippen LogP contribution is -2.38. The zero-order chi connectivity index (χ0) is 33.5. The van der Waals surface area contributed by atoms with Gasteiger partial charge in [-0.3, -0.25) is 4.79 Å². The van der Waals surface area contributed by atoms with E-state index in [1.807, 2.05) is 97.1 Å². The van der Waals surface area contributed by atoms with E-state index in [4.69, 9.17) is 9.47 Å². The van der Waals surface area contributed by atoms with E-state index in [1.54, 1.807) is 24.3 Å². The lowest BCUT2D eigenvalue weighted by Gasteiger charge is -2.41. The number of hydrogen-bond donors (Lipinski definition) is 3. The molecule has 6 rings (SSSR count). The third-order valence-electron chi connectivity index (χ3n) is 8.58. The molecule has 7 nitrogen and oxygen atoms in total. The summed E-state index contributed by atoms with van der Waals surface area (Å²) in [7, 11) is 0. The minimum atomic E-state index is -0.957. The Kier molecular flexibility index (Phi) is 10.7. The smallest absolute Gasteiger partial charge is 0.336 e. The van der Waals surface area contributed by atoms with Gasteiger partial charge in [0.2, 0.25) is 0 Å². The molecule has 1 heterocycles. The van der Waals surface area contributed by atoms with Crippen LogP contribution in [-0.2, 0) is 22.6 Å². The fourth-order valence-electron chi connectivity index (χ4n) is 5.82. The Bertz CT molecular complexity index is 1840. The SMILES string of the molecule is C[C@H]1[C@@H](CSc2ccccc2C(=O)O)O[C@@H](c2ccc(-c3cccc(CNC(=O)c4ccccc4)c3)cc2)O[C@H]1c1ccc(CO)cc1. The second-order valence-corrected chi connectivity index (χ2v) is 12.9. The van der Waals surface area contributed by atoms with E-state index in [9.17, 15) is 19.8 Å². The number of carboxylic acid groups (broad SMARTS) is 1. The summed E-state index contributed by atoms with van der Waals surface area (Å²) in [6, 6.07) is 40.1. The fraction of sp³-hybridized carbons (Fsp3) is 0.200. The van der Waals surface area contributed by atoms with Crippen molar-refractivity contribution >= 4 is 23.6 Å². The van der Waals surface area contributed by atoms with Gasteiger partial charge in [-0.1, -0.05) is 104 Å². The second kappa shape index (κ2) is 15.4. The first kappa shape index (κ1) is 33.2. The highest BCUT2D eigenvalue weighted by molar-refractivity contribution is 7.99. The molecule has 8 heteroatoms. The summed E-state index contributed by atoms with van der Waals surface area (Å²) in [5.74, 6) is -0.559. The molecule has 1 aliphatic rings. The standard InChI is InChI=1S/C40H37NO6S/c1-26-35(25-48-36-13-6-5-12-34(36)39(44)45)46-40(47-37(26)30-16-14-27(24-42)15-17-30)32-20-18-29(19-21-32)33-11-7-8-28(22-33)23-41-38(43)31-9-3-2-4-10-31/h2-22,26,35,37,40,42H,23-25H2,1H3,(H,41,43)(H,44,45)/t26-,35+,37+,40+/m0/s1. The van der Waals surface area contributed by atoms with Crippen molar-refractivity contribution in [2.75, 3.05) is 5.75 Å². The Morgan fingerprint density at radius 2 is 1.46 bits per heavy atom. The molecule has 0 bridgehead atoms. The minimum Gasteiger partial charge on any atom is -0.478 e. The van der Waals surface area contributed by atoms with Gasteiger partial charge in [0.15, 0.2) is 6.29 Å². The van der Waals surface area contributed by atoms with Crippen LogP contribution in [0.4, 0.5) is 0 Å². The number of rotatable bonds is 11. The Balaban J connectivity index is 1.19. The maximum absolute atomic E-state index is 12.5. The monoisotopic (exact) mass is 659 g/mol. The van der Waals surface area contributed by atoms with Crippen LogP contribution in [-0.4, -0.2) is 33.9 Å². The maximum atomic E-state index is 12.5. The molecule has 0 saturated carbocycles. The summed E-state index contributed by atoms with van der Waals surface area (Å²) in [6.45, 7) is 2.47. The van der Waals surface area contributed by atoms with Crippen molar-refractivity contribution in [3.8, 4) is 11.1 Å². The van der Waals surface area contributed by atoms with Crippen molar-refractivity contribution in [3.05, 3.63) is 161 Å². The number of carbonyl (C=O) groups is 2. The zero-order valence-electron chi connectivity index (χ0n) is 26.5. The average Bonchev–Trinajstić information content (AvgIpc) is 3.14. The quantitative estimate of drug-likeness (QED) is 0.123. The van der Waals surface area contributed by atoms with E-state index in [-0.39, 0.29) is 36.2 Å². The maximum Gasteiger partial charge on any atom is 0.336 e. The molecule has 4 atom stereocenters. The number of aromatic carboxylic acids is 1. The average molecular weight is 660 g/mol. The first-order valence-electron chi connectivity index (χ1n) is 15.9. The number of aliphatic hydroxyl groups is 1. The van der Waals surface area contributed by atoms with Crippen LogP contribution in [0.2, 0.25) is 0 Å². The molecule has 244 valence electrons. The van der Waals surface area contributed by atoms with E-state index < -0.39 is 12.3 Å². The molecule has 1 aliphatic heterocycles. The van der Waals surface area contributed by atoms with Crippen LogP contribution in [0.3, 0.4) is 0 Å². The molecule has 1 amide bonds. The van der Waals surface area contributed by atoms with Crippen molar-refractivity contribution in [3.63, 3.8) is 0 Å². The zero-order valence-corrected chi connectivity index (χ0v) is 27.3. The van der Waals surface area contributed by atoms with Gasteiger partial charge in [0.25, 0.3) is 5.91 Å². The van der Waals surface area contributed by atoms with Gasteiger partial charge in [-0.15, -0.1) is 11.8 Å². The lowest BCUT2D eigenvalue weighted by molar-refractivity contribution is -0.268. The number of carbonyl (C=O) groups excluding carboxylic acids is 1. The van der Waals surface area contributed by atoms with Crippen LogP contribution in [0.5, 0.6) is 0 Å². The molecule has 48 heavy (non-hydrogen) atoms. The highest BCUT2D eigenvalue weighted by atomic mass is 32.2. The predicted octanol–water partition coefficient (Wildman–Crippen LogP) is 8.06. The van der Waals surface area contributed by atoms with Crippen LogP contribution in [0.15, 0.2) is 132 Å². The first-order chi connectivity index (χ1) is 23.4. The summed E-state index contributed by atoms with van der Waals surface area (Å²) < 4.78 is 13.2. The largest absolute Gasteiger partial charge is 0.478 e. The number of ether oxygens (including phenoxy) is 2. The van der Waals surface area contributed by atoms with Crippen LogP contribution in [0.25, 0.3) is 11.1 Å². The molecule has 0 spiro atoms. The fourth-order valence-corrected chi connectivity index (χ4v) is 7.03. The van der Waals surface area contributed by atoms with Crippen LogP contribution in [0.1, 0.15) is 62.3 Å². The molecule has 5 aromatic rings. The van der Waals surface area contributed by atoms with Gasteiger partial charge >= 0.3 is 5.97 Å². The molecular formula is C40H37NO6S. The number of benzene rings is 5. The summed E-state index contributed by atoms with van der Waals surface area (Å²) in [5, 5.41) is 22.2. The van der Waals surface area contributed by atoms with Crippen molar-refractivity contribution in [2.24, 2.45) is 5.92 Å². The van der Waals surface area contributed by atoms with E-state index in [2.05, 4.69) is 18.3 Å². The molecule has 1 fully saturated rings. The predicted molar refractivity (Wildman–Crippen MR) is 187 cm³/mol. The van der Waals surface area contributed by atoms with Crippen LogP contribution >= 0.6 is 11.8 Å². The number of hydrogen-bond acceptors (Lipinski definition) is 6. The van der Waals surface area contributed by atoms with Gasteiger partial charge in [-0.25, -0.2) is 4.79 Å². The molecule has 0 aliphatic carbocycles. The highest BCUT2D eigenvalue weighted by Gasteiger charge is 2.38. The Morgan fingerprint density at radius 1 is 0.750 bits per heavy atom. The highest BCUT2D eigenvalue weighted by Crippen LogP contribution is 2.43. The summed E-state index contributed by atoms with van der Waals surface area (Å²) in [6.07, 6.45) is -1.16. The summed E-state index contributed by atoms with van der Waals surface area (Å²) in [5.41, 5.74) is 6.62. The minimum absolute atomic E-state index is 0.0323. The third-order valence-corrected chi connectivity index (χ3v) is 9.74. The number of amides is 1. The Morgan fingerprint density at radius 3 is 2.19 bits per heavy atom. The summed E-state index contributed by atoms with van der Waals surface area (Å²) >= 11 is 1.47. The van der Waals surface area contributed by atoms with Gasteiger partial charge in [-0.2, -0.15) is 0 Å². The van der Waals surface area contributed by atoms with Crippen LogP contribution < -0.4 is 5.32 Å². The molecule has 1 saturated heterocycles. The van der Waals surface area contributed by atoms with E-state index in [0.717, 1.165) is 33.4 Å². The topological polar surface area (TPSA) is 105 Å². The second-order valence-electron chi connectivity index (χ2n) is 11.8. The number of thioether (sulfide) groups is 1. The first-order valence-corrected chi connectivity index (χ1v) is 16.9. The Labute approximate surface area is 284 Å². The molecule has 0 aromatic heterocycles. The summed E-state index contributed by atoms with van der Waals surface area (Å²) in [4.78, 5) is 25.1. The van der Waals surface area contributed by atoms with Gasteiger partial charge < -0.3 is 25.0 Å². The van der Waals surface area contributed by atoms with Crippen LogP contribution in [0, 0.1) is 5.92 Å². The lowest BCUT2D eigenvalue weighted by atomic mass is 9.91. The number of carboxylic acids is 1. The van der Waals surface area contributed by atoms with Crippen molar-refractivity contribution in [1.29, 1.82) is 0 Å². The van der Waals surface area contributed by atoms with E-state index in [0.29, 0.717) is 22.8 Å². The van der Waals surface area contributed by atoms with E-state index >= 15 is 0 Å². The number of aliphatic hydroxyl groups excluding tert-OH is 1. The molecular weight excluding hydrogens is 623 g/mol. The molecule has 3 N–H and O–H groups in total. The molecule has 0 unspecified atom stereocenters. The number of nitrogens with one attached hydrogen (secondary N) is 1. The normalized spacial score (nSPS) is 19.0. The van der Waals surface area contributed by atoms with Crippen molar-refractivity contribution in [1.82, 2.24) is 5.32 Å². The Hall–Kier alpha value is -4.73. The molecule has 5 aromatic carbocycles. The van der Waals surface area contributed by atoms with Gasteiger partial charge in [0.1, 0.15) is 0 Å². The van der Waals surface area contributed by atoms with Crippen molar-refractivity contribution < 1.29 is 29.3 Å².